The number of rotatable bonds is 6. The Kier molecular flexibility index (Phi) is 6.38. The maximum absolute atomic E-state index is 11.6. The second-order valence-corrected chi connectivity index (χ2v) is 2.62. The first-order chi connectivity index (χ1) is 6.57. The molecule has 0 unspecified atom stereocenters. The molecule has 0 amide bonds. The van der Waals surface area contributed by atoms with Crippen molar-refractivity contribution in [1.82, 2.24) is 5.32 Å². The van der Waals surface area contributed by atoms with E-state index in [0.717, 1.165) is 0 Å². The third-order valence-electron chi connectivity index (χ3n) is 1.44. The van der Waals surface area contributed by atoms with Crippen molar-refractivity contribution < 1.29 is 14.3 Å². The molecule has 0 aliphatic rings. The molecule has 0 aliphatic heterocycles. The Labute approximate surface area is 81.2 Å². The minimum Gasteiger partial charge on any atom is -0.480 e. The highest BCUT2D eigenvalue weighted by atomic mass is 19.1. The smallest absolute Gasteiger partial charge is 0.320 e. The highest BCUT2D eigenvalue weighted by molar-refractivity contribution is 5.77. The molecule has 0 fully saturated rings. The number of hydrogen-bond donors (Lipinski definition) is 4. The Morgan fingerprint density at radius 1 is 1.64 bits per heavy atom. The summed E-state index contributed by atoms with van der Waals surface area (Å²) in [6, 6.07) is -0.937. The first kappa shape index (κ1) is 12.6. The van der Waals surface area contributed by atoms with Gasteiger partial charge in [-0.15, -0.1) is 0 Å². The summed E-state index contributed by atoms with van der Waals surface area (Å²) in [6.45, 7) is -0.232. The van der Waals surface area contributed by atoms with E-state index in [1.54, 1.807) is 0 Å². The lowest BCUT2D eigenvalue weighted by molar-refractivity contribution is -0.138. The minimum atomic E-state index is -1.07. The van der Waals surface area contributed by atoms with Gasteiger partial charge in [-0.05, 0) is 6.42 Å². The maximum atomic E-state index is 11.6. The molecule has 0 aromatic heterocycles. The van der Waals surface area contributed by atoms with Gasteiger partial charge < -0.3 is 21.9 Å². The molecule has 0 aliphatic carbocycles. The number of aliphatic imine (C=N–C) groups is 1. The van der Waals surface area contributed by atoms with E-state index in [0.29, 0.717) is 0 Å². The van der Waals surface area contributed by atoms with Gasteiger partial charge in [0.25, 0.3) is 0 Å². The Hall–Kier alpha value is -1.37. The van der Waals surface area contributed by atoms with Crippen molar-refractivity contribution in [3.63, 3.8) is 0 Å². The van der Waals surface area contributed by atoms with Gasteiger partial charge in [-0.1, -0.05) is 0 Å². The fourth-order valence-electron chi connectivity index (χ4n) is 0.679. The molecule has 82 valence electrons. The molecule has 0 radical (unpaired) electrons. The number of halogens is 1. The molecule has 0 saturated carbocycles. The van der Waals surface area contributed by atoms with Crippen LogP contribution in [0.25, 0.3) is 0 Å². The van der Waals surface area contributed by atoms with Gasteiger partial charge in [0.1, 0.15) is 12.7 Å². The van der Waals surface area contributed by atoms with Crippen LogP contribution in [0.5, 0.6) is 0 Å². The largest absolute Gasteiger partial charge is 0.480 e. The lowest BCUT2D eigenvalue weighted by atomic mass is 10.2. The van der Waals surface area contributed by atoms with Gasteiger partial charge in [0.05, 0.1) is 0 Å². The summed E-state index contributed by atoms with van der Waals surface area (Å²) in [5.41, 5.74) is 10.5. The van der Waals surface area contributed by atoms with Crippen molar-refractivity contribution in [2.75, 3.05) is 19.8 Å². The van der Waals surface area contributed by atoms with Gasteiger partial charge in [0, 0.05) is 13.1 Å². The van der Waals surface area contributed by atoms with Crippen molar-refractivity contribution in [3.8, 4) is 0 Å². The SMILES string of the molecule is NC(=NCC[C@H](N)C(=O)O)NCCF. The third kappa shape index (κ3) is 6.18. The van der Waals surface area contributed by atoms with E-state index in [4.69, 9.17) is 16.6 Å². The zero-order valence-corrected chi connectivity index (χ0v) is 7.74. The van der Waals surface area contributed by atoms with Crippen LogP contribution in [0.15, 0.2) is 4.99 Å². The fourth-order valence-corrected chi connectivity index (χ4v) is 0.679. The number of alkyl halides is 1. The molecule has 14 heavy (non-hydrogen) atoms. The highest BCUT2D eigenvalue weighted by Crippen LogP contribution is 1.88. The van der Waals surface area contributed by atoms with Gasteiger partial charge in [-0.25, -0.2) is 4.39 Å². The Balaban J connectivity index is 3.64. The number of nitrogens with zero attached hydrogens (tertiary/aromatic N) is 1. The highest BCUT2D eigenvalue weighted by Gasteiger charge is 2.09. The number of carboxylic acid groups (broad SMARTS) is 1. The van der Waals surface area contributed by atoms with Crippen molar-refractivity contribution >= 4 is 11.9 Å². The van der Waals surface area contributed by atoms with Crippen LogP contribution in [0.1, 0.15) is 6.42 Å². The molecular formula is C7H15FN4O2. The Morgan fingerprint density at radius 2 is 2.29 bits per heavy atom. The molecule has 7 heteroatoms. The molecule has 0 heterocycles. The molecular weight excluding hydrogens is 191 g/mol. The van der Waals surface area contributed by atoms with Gasteiger partial charge in [-0.3, -0.25) is 9.79 Å². The number of guanidine groups is 1. The van der Waals surface area contributed by atoms with E-state index >= 15 is 0 Å². The normalized spacial score (nSPS) is 13.7. The van der Waals surface area contributed by atoms with Crippen LogP contribution in [-0.4, -0.2) is 42.8 Å². The standard InChI is InChI=1S/C7H15FN4O2/c8-2-4-12-7(10)11-3-1-5(9)6(13)14/h5H,1-4,9H2,(H,13,14)(H3,10,11,12)/t5-/m0/s1. The van der Waals surface area contributed by atoms with Gasteiger partial charge >= 0.3 is 5.97 Å². The average Bonchev–Trinajstić information content (AvgIpc) is 2.14. The van der Waals surface area contributed by atoms with Crippen molar-refractivity contribution in [3.05, 3.63) is 0 Å². The van der Waals surface area contributed by atoms with Crippen molar-refractivity contribution in [2.45, 2.75) is 12.5 Å². The molecule has 0 spiro atoms. The van der Waals surface area contributed by atoms with Crippen molar-refractivity contribution in [1.29, 1.82) is 0 Å². The van der Waals surface area contributed by atoms with E-state index < -0.39 is 18.7 Å². The van der Waals surface area contributed by atoms with Crippen LogP contribution in [0, 0.1) is 0 Å². The van der Waals surface area contributed by atoms with Crippen LogP contribution in [0.2, 0.25) is 0 Å². The lowest BCUT2D eigenvalue weighted by Crippen LogP contribution is -2.34. The number of carbonyl (C=O) groups is 1. The molecule has 6 nitrogen and oxygen atoms in total. The van der Waals surface area contributed by atoms with Crippen LogP contribution in [-0.2, 0) is 4.79 Å². The van der Waals surface area contributed by atoms with Gasteiger partial charge in [0.2, 0.25) is 0 Å². The van der Waals surface area contributed by atoms with Crippen LogP contribution < -0.4 is 16.8 Å². The van der Waals surface area contributed by atoms with Gasteiger partial charge in [-0.2, -0.15) is 0 Å². The molecule has 0 aromatic carbocycles. The predicted octanol–water partition coefficient (Wildman–Crippen LogP) is -1.34. The fraction of sp³-hybridized carbons (Fsp3) is 0.714. The molecule has 1 atom stereocenters. The molecule has 0 saturated heterocycles. The quantitative estimate of drug-likeness (QED) is 0.317. The zero-order valence-electron chi connectivity index (χ0n) is 7.74. The first-order valence-corrected chi connectivity index (χ1v) is 4.16. The van der Waals surface area contributed by atoms with Crippen molar-refractivity contribution in [2.24, 2.45) is 16.5 Å². The molecule has 0 aromatic rings. The minimum absolute atomic E-state index is 0.0974. The second-order valence-electron chi connectivity index (χ2n) is 2.62. The third-order valence-corrected chi connectivity index (χ3v) is 1.44. The first-order valence-electron chi connectivity index (χ1n) is 4.16. The van der Waals surface area contributed by atoms with Crippen LogP contribution in [0.3, 0.4) is 0 Å². The number of nitrogens with one attached hydrogen (secondary N) is 1. The topological polar surface area (TPSA) is 114 Å². The Morgan fingerprint density at radius 3 is 2.79 bits per heavy atom. The average molecular weight is 206 g/mol. The Bertz CT molecular complexity index is 210. The predicted molar refractivity (Wildman–Crippen MR) is 50.7 cm³/mol. The number of aliphatic carboxylic acids is 1. The summed E-state index contributed by atoms with van der Waals surface area (Å²) in [4.78, 5) is 14.0. The summed E-state index contributed by atoms with van der Waals surface area (Å²) >= 11 is 0. The molecule has 0 rings (SSSR count). The van der Waals surface area contributed by atoms with Crippen LogP contribution >= 0.6 is 0 Å². The van der Waals surface area contributed by atoms with Crippen LogP contribution in [0.4, 0.5) is 4.39 Å². The summed E-state index contributed by atoms with van der Waals surface area (Å²) < 4.78 is 11.6. The van der Waals surface area contributed by atoms with E-state index in [9.17, 15) is 9.18 Å². The number of nitrogens with two attached hydrogens (primary N) is 2. The van der Waals surface area contributed by atoms with E-state index in [1.807, 2.05) is 0 Å². The second kappa shape index (κ2) is 7.07. The molecule has 0 bridgehead atoms. The summed E-state index contributed by atoms with van der Waals surface area (Å²) in [7, 11) is 0. The lowest BCUT2D eigenvalue weighted by Gasteiger charge is -2.04. The van der Waals surface area contributed by atoms with E-state index in [2.05, 4.69) is 10.3 Å². The summed E-state index contributed by atoms with van der Waals surface area (Å²) in [5.74, 6) is -0.976. The van der Waals surface area contributed by atoms with E-state index in [1.165, 1.54) is 0 Å². The van der Waals surface area contributed by atoms with E-state index in [-0.39, 0.29) is 25.5 Å². The van der Waals surface area contributed by atoms with Gasteiger partial charge in [0.15, 0.2) is 5.96 Å². The summed E-state index contributed by atoms with van der Waals surface area (Å²) in [6.07, 6.45) is 0.202. The number of hydrogen-bond acceptors (Lipinski definition) is 3. The number of carboxylic acids is 1. The monoisotopic (exact) mass is 206 g/mol. The zero-order chi connectivity index (χ0) is 11.0. The summed E-state index contributed by atoms with van der Waals surface area (Å²) in [5, 5.41) is 10.9. The maximum Gasteiger partial charge on any atom is 0.320 e. The molecule has 6 N–H and O–H groups in total.